The maximum Gasteiger partial charge on any atom is 0.118 e. The van der Waals surface area contributed by atoms with E-state index < -0.39 is 0 Å². The molecule has 2 aromatic rings. The summed E-state index contributed by atoms with van der Waals surface area (Å²) in [4.78, 5) is 2.48. The molecule has 0 radical (unpaired) electrons. The van der Waals surface area contributed by atoms with Crippen molar-refractivity contribution in [2.45, 2.75) is 26.0 Å². The van der Waals surface area contributed by atoms with Crippen molar-refractivity contribution >= 4 is 0 Å². The van der Waals surface area contributed by atoms with Crippen LogP contribution in [0.25, 0.3) is 0 Å². The third kappa shape index (κ3) is 4.56. The quantitative estimate of drug-likeness (QED) is 0.819. The van der Waals surface area contributed by atoms with E-state index in [2.05, 4.69) is 35.3 Å². The molecule has 0 unspecified atom stereocenters. The first-order valence-corrected chi connectivity index (χ1v) is 8.19. The van der Waals surface area contributed by atoms with E-state index in [4.69, 9.17) is 9.47 Å². The molecule has 3 rings (SSSR count). The van der Waals surface area contributed by atoms with Crippen molar-refractivity contribution in [1.82, 2.24) is 14.7 Å². The number of rotatable bonds is 6. The lowest BCUT2D eigenvalue weighted by Crippen LogP contribution is -2.44. The Labute approximate surface area is 137 Å². The summed E-state index contributed by atoms with van der Waals surface area (Å²) < 4.78 is 13.1. The van der Waals surface area contributed by atoms with Crippen LogP contribution in [0.4, 0.5) is 0 Å². The first-order valence-electron chi connectivity index (χ1n) is 8.19. The normalized spacial score (nSPS) is 19.0. The second-order valence-electron chi connectivity index (χ2n) is 6.13. The molecule has 124 valence electrons. The van der Waals surface area contributed by atoms with Crippen LogP contribution in [0.2, 0.25) is 0 Å². The third-order valence-corrected chi connectivity index (χ3v) is 4.25. The van der Waals surface area contributed by atoms with Gasteiger partial charge in [0.25, 0.3) is 0 Å². The average molecular weight is 315 g/mol. The van der Waals surface area contributed by atoms with Gasteiger partial charge in [-0.3, -0.25) is 9.58 Å². The average Bonchev–Trinajstić information content (AvgIpc) is 2.99. The van der Waals surface area contributed by atoms with Gasteiger partial charge in [0.05, 0.1) is 32.6 Å². The van der Waals surface area contributed by atoms with Crippen LogP contribution in [-0.4, -0.2) is 54.1 Å². The molecule has 5 heteroatoms. The Kier molecular flexibility index (Phi) is 5.31. The number of ether oxygens (including phenoxy) is 2. The number of methoxy groups -OCH3 is 1. The van der Waals surface area contributed by atoms with Gasteiger partial charge in [0.15, 0.2) is 0 Å². The summed E-state index contributed by atoms with van der Waals surface area (Å²) in [6, 6.07) is 8.33. The zero-order chi connectivity index (χ0) is 16.1. The van der Waals surface area contributed by atoms with Crippen molar-refractivity contribution in [3.05, 3.63) is 47.8 Å². The number of nitrogens with zero attached hydrogens (tertiary/aromatic N) is 3. The predicted molar refractivity (Wildman–Crippen MR) is 89.8 cm³/mol. The Morgan fingerprint density at radius 1 is 1.30 bits per heavy atom. The zero-order valence-corrected chi connectivity index (χ0v) is 13.9. The van der Waals surface area contributed by atoms with E-state index in [0.717, 1.165) is 45.0 Å². The van der Waals surface area contributed by atoms with E-state index >= 15 is 0 Å². The van der Waals surface area contributed by atoms with Gasteiger partial charge in [-0.1, -0.05) is 12.1 Å². The Morgan fingerprint density at radius 3 is 2.83 bits per heavy atom. The number of aromatic nitrogens is 2. The molecule has 1 aliphatic rings. The molecule has 1 atom stereocenters. The third-order valence-electron chi connectivity index (χ3n) is 4.25. The SMILES string of the molecule is COc1ccc(CCN2CCO[C@@H](Cn3cc(C)cn3)C2)cc1. The minimum absolute atomic E-state index is 0.221. The number of morpholine rings is 1. The van der Waals surface area contributed by atoms with Crippen LogP contribution in [0.5, 0.6) is 5.75 Å². The Hall–Kier alpha value is -1.85. The molecule has 1 aliphatic heterocycles. The first-order chi connectivity index (χ1) is 11.2. The molecule has 1 aromatic heterocycles. The van der Waals surface area contributed by atoms with Crippen LogP contribution < -0.4 is 4.74 Å². The second kappa shape index (κ2) is 7.62. The maximum absolute atomic E-state index is 5.88. The summed E-state index contributed by atoms with van der Waals surface area (Å²) in [7, 11) is 1.70. The van der Waals surface area contributed by atoms with Gasteiger partial charge in [0, 0.05) is 25.8 Å². The Morgan fingerprint density at radius 2 is 2.13 bits per heavy atom. The largest absolute Gasteiger partial charge is 0.497 e. The molecule has 1 fully saturated rings. The van der Waals surface area contributed by atoms with Crippen molar-refractivity contribution < 1.29 is 9.47 Å². The van der Waals surface area contributed by atoms with E-state index in [-0.39, 0.29) is 6.10 Å². The van der Waals surface area contributed by atoms with Crippen molar-refractivity contribution in [2.24, 2.45) is 0 Å². The predicted octanol–water partition coefficient (Wildman–Crippen LogP) is 2.14. The second-order valence-corrected chi connectivity index (χ2v) is 6.13. The van der Waals surface area contributed by atoms with Gasteiger partial charge in [-0.15, -0.1) is 0 Å². The van der Waals surface area contributed by atoms with Gasteiger partial charge in [-0.2, -0.15) is 5.10 Å². The minimum Gasteiger partial charge on any atom is -0.497 e. The zero-order valence-electron chi connectivity index (χ0n) is 13.9. The Bertz CT molecular complexity index is 609. The number of hydrogen-bond donors (Lipinski definition) is 0. The van der Waals surface area contributed by atoms with Crippen LogP contribution in [0.15, 0.2) is 36.7 Å². The molecule has 0 spiro atoms. The smallest absolute Gasteiger partial charge is 0.118 e. The lowest BCUT2D eigenvalue weighted by atomic mass is 10.1. The summed E-state index contributed by atoms with van der Waals surface area (Å²) in [5, 5.41) is 4.35. The van der Waals surface area contributed by atoms with E-state index in [0.29, 0.717) is 0 Å². The minimum atomic E-state index is 0.221. The van der Waals surface area contributed by atoms with Crippen LogP contribution >= 0.6 is 0 Å². The van der Waals surface area contributed by atoms with Gasteiger partial charge in [0.1, 0.15) is 5.75 Å². The molecule has 0 N–H and O–H groups in total. The highest BCUT2D eigenvalue weighted by atomic mass is 16.5. The van der Waals surface area contributed by atoms with Gasteiger partial charge < -0.3 is 9.47 Å². The molecular weight excluding hydrogens is 290 g/mol. The summed E-state index contributed by atoms with van der Waals surface area (Å²) in [5.74, 6) is 0.912. The fourth-order valence-corrected chi connectivity index (χ4v) is 2.95. The van der Waals surface area contributed by atoms with Crippen molar-refractivity contribution in [3.8, 4) is 5.75 Å². The highest BCUT2D eigenvalue weighted by Gasteiger charge is 2.20. The van der Waals surface area contributed by atoms with E-state index in [1.807, 2.05) is 23.0 Å². The van der Waals surface area contributed by atoms with E-state index in [9.17, 15) is 0 Å². The first kappa shape index (κ1) is 16.0. The van der Waals surface area contributed by atoms with Crippen LogP contribution in [0.1, 0.15) is 11.1 Å². The van der Waals surface area contributed by atoms with Gasteiger partial charge >= 0.3 is 0 Å². The molecule has 1 saturated heterocycles. The monoisotopic (exact) mass is 315 g/mol. The molecular formula is C18H25N3O2. The van der Waals surface area contributed by atoms with Gasteiger partial charge in [-0.05, 0) is 36.6 Å². The molecule has 1 aromatic carbocycles. The van der Waals surface area contributed by atoms with Crippen molar-refractivity contribution in [3.63, 3.8) is 0 Å². The van der Waals surface area contributed by atoms with E-state index in [1.54, 1.807) is 7.11 Å². The number of benzene rings is 1. The highest BCUT2D eigenvalue weighted by molar-refractivity contribution is 5.27. The highest BCUT2D eigenvalue weighted by Crippen LogP contribution is 2.13. The summed E-state index contributed by atoms with van der Waals surface area (Å²) >= 11 is 0. The lowest BCUT2D eigenvalue weighted by molar-refractivity contribution is -0.0370. The van der Waals surface area contributed by atoms with E-state index in [1.165, 1.54) is 11.1 Å². The van der Waals surface area contributed by atoms with Crippen LogP contribution in [0.3, 0.4) is 0 Å². The molecule has 0 amide bonds. The van der Waals surface area contributed by atoms with Crippen molar-refractivity contribution in [2.75, 3.05) is 33.4 Å². The van der Waals surface area contributed by atoms with Gasteiger partial charge in [-0.25, -0.2) is 0 Å². The van der Waals surface area contributed by atoms with Gasteiger partial charge in [0.2, 0.25) is 0 Å². The topological polar surface area (TPSA) is 39.5 Å². The summed E-state index contributed by atoms with van der Waals surface area (Å²) in [6.45, 7) is 6.72. The molecule has 2 heterocycles. The fraction of sp³-hybridized carbons (Fsp3) is 0.500. The van der Waals surface area contributed by atoms with Crippen molar-refractivity contribution in [1.29, 1.82) is 0 Å². The summed E-state index contributed by atoms with van der Waals surface area (Å²) in [6.07, 6.45) is 5.24. The number of hydrogen-bond acceptors (Lipinski definition) is 4. The summed E-state index contributed by atoms with van der Waals surface area (Å²) in [5.41, 5.74) is 2.54. The molecule has 0 bridgehead atoms. The standard InChI is InChI=1S/C18H25N3O2/c1-15-11-19-21(12-15)14-18-13-20(9-10-23-18)8-7-16-3-5-17(22-2)6-4-16/h3-6,11-12,18H,7-10,13-14H2,1-2H3/t18-/m1/s1. The maximum atomic E-state index is 5.88. The fourth-order valence-electron chi connectivity index (χ4n) is 2.95. The lowest BCUT2D eigenvalue weighted by Gasteiger charge is -2.32. The number of aryl methyl sites for hydroxylation is 1. The van der Waals surface area contributed by atoms with Crippen LogP contribution in [0, 0.1) is 6.92 Å². The molecule has 0 saturated carbocycles. The molecule has 23 heavy (non-hydrogen) atoms. The molecule has 5 nitrogen and oxygen atoms in total. The Balaban J connectivity index is 1.48. The van der Waals surface area contributed by atoms with Crippen LogP contribution in [-0.2, 0) is 17.7 Å². The molecule has 0 aliphatic carbocycles.